The molecule has 4 nitrogen and oxygen atoms in total. The van der Waals surface area contributed by atoms with E-state index in [1.165, 1.54) is 18.2 Å². The summed E-state index contributed by atoms with van der Waals surface area (Å²) in [7, 11) is 0. The summed E-state index contributed by atoms with van der Waals surface area (Å²) in [6.07, 6.45) is 1.54. The normalized spacial score (nSPS) is 16.0. The number of nitrogens with one attached hydrogen (secondary N) is 1. The highest BCUT2D eigenvalue weighted by Gasteiger charge is 2.26. The molecule has 0 saturated heterocycles. The first-order valence-electron chi connectivity index (χ1n) is 10.9. The van der Waals surface area contributed by atoms with Crippen LogP contribution in [0.2, 0.25) is 0 Å². The minimum Gasteiger partial charge on any atom is -0.311 e. The highest BCUT2D eigenvalue weighted by atomic mass is 19.1. The first-order valence-corrected chi connectivity index (χ1v) is 10.9. The molecule has 3 aromatic carbocycles. The van der Waals surface area contributed by atoms with Crippen LogP contribution < -0.4 is 5.32 Å². The summed E-state index contributed by atoms with van der Waals surface area (Å²) in [4.78, 5) is 13.3. The first-order chi connectivity index (χ1) is 15.5. The Kier molecular flexibility index (Phi) is 7.02. The van der Waals surface area contributed by atoms with Crippen molar-refractivity contribution >= 4 is 5.69 Å². The number of fused-ring (bicyclic) bond motifs is 1. The van der Waals surface area contributed by atoms with E-state index in [4.69, 9.17) is 0 Å². The van der Waals surface area contributed by atoms with Gasteiger partial charge in [-0.1, -0.05) is 30.3 Å². The summed E-state index contributed by atoms with van der Waals surface area (Å²) in [6.45, 7) is 4.88. The predicted molar refractivity (Wildman–Crippen MR) is 123 cm³/mol. The zero-order valence-corrected chi connectivity index (χ0v) is 18.2. The standard InChI is InChI=1S/C26H27F2N3O/c1-18-2-3-20(13-26(18)30-32)16-29-10-11-31-17-21-6-9-24(28)14-22(21)15-25(31)12-19-4-7-23(27)8-5-19/h2-9,13-14,25,29H,10-12,15-17H2,1H3. The Morgan fingerprint density at radius 3 is 2.50 bits per heavy atom. The van der Waals surface area contributed by atoms with Gasteiger partial charge in [0.2, 0.25) is 0 Å². The smallest absolute Gasteiger partial charge is 0.123 e. The quantitative estimate of drug-likeness (QED) is 0.379. The van der Waals surface area contributed by atoms with Crippen LogP contribution in [0.15, 0.2) is 65.8 Å². The third-order valence-electron chi connectivity index (χ3n) is 6.18. The van der Waals surface area contributed by atoms with Crippen molar-refractivity contribution in [3.05, 3.63) is 105 Å². The molecule has 3 aromatic rings. The van der Waals surface area contributed by atoms with Gasteiger partial charge in [-0.3, -0.25) is 4.90 Å². The highest BCUT2D eigenvalue weighted by molar-refractivity contribution is 5.47. The van der Waals surface area contributed by atoms with Gasteiger partial charge in [0, 0.05) is 32.2 Å². The molecule has 0 aromatic heterocycles. The van der Waals surface area contributed by atoms with Crippen molar-refractivity contribution in [2.75, 3.05) is 13.1 Å². The van der Waals surface area contributed by atoms with E-state index in [0.29, 0.717) is 12.2 Å². The highest BCUT2D eigenvalue weighted by Crippen LogP contribution is 2.26. The molecule has 0 radical (unpaired) electrons. The number of halogens is 2. The van der Waals surface area contributed by atoms with E-state index in [9.17, 15) is 13.7 Å². The van der Waals surface area contributed by atoms with E-state index >= 15 is 0 Å². The second-order valence-electron chi connectivity index (χ2n) is 8.46. The van der Waals surface area contributed by atoms with Crippen LogP contribution in [0.1, 0.15) is 27.8 Å². The zero-order valence-electron chi connectivity index (χ0n) is 18.2. The van der Waals surface area contributed by atoms with E-state index in [1.807, 2.05) is 43.3 Å². The first kappa shape index (κ1) is 22.2. The van der Waals surface area contributed by atoms with Crippen molar-refractivity contribution in [3.8, 4) is 0 Å². The molecule has 1 N–H and O–H groups in total. The molecular formula is C26H27F2N3O. The van der Waals surface area contributed by atoms with Crippen LogP contribution in [0, 0.1) is 23.5 Å². The molecule has 0 saturated carbocycles. The van der Waals surface area contributed by atoms with Gasteiger partial charge in [-0.2, -0.15) is 0 Å². The van der Waals surface area contributed by atoms with Crippen LogP contribution in [-0.2, 0) is 25.9 Å². The lowest BCUT2D eigenvalue weighted by atomic mass is 9.90. The molecule has 1 aliphatic heterocycles. The van der Waals surface area contributed by atoms with Gasteiger partial charge in [0.25, 0.3) is 0 Å². The summed E-state index contributed by atoms with van der Waals surface area (Å²) >= 11 is 0. The van der Waals surface area contributed by atoms with Gasteiger partial charge in [-0.05, 0) is 83.1 Å². The Hall–Kier alpha value is -2.96. The Bertz CT molecular complexity index is 1080. The van der Waals surface area contributed by atoms with Crippen LogP contribution in [0.4, 0.5) is 14.5 Å². The molecular weight excluding hydrogens is 408 g/mol. The molecule has 1 heterocycles. The molecule has 1 unspecified atom stereocenters. The summed E-state index contributed by atoms with van der Waals surface area (Å²) < 4.78 is 27.1. The summed E-state index contributed by atoms with van der Waals surface area (Å²) in [6, 6.07) is 17.6. The second kappa shape index (κ2) is 10.1. The Morgan fingerprint density at radius 2 is 1.72 bits per heavy atom. The lowest BCUT2D eigenvalue weighted by molar-refractivity contribution is 0.170. The fraction of sp³-hybridized carbons (Fsp3) is 0.308. The van der Waals surface area contributed by atoms with Crippen molar-refractivity contribution in [3.63, 3.8) is 0 Å². The molecule has 1 aliphatic rings. The van der Waals surface area contributed by atoms with E-state index in [0.717, 1.165) is 60.3 Å². The molecule has 4 rings (SSSR count). The molecule has 6 heteroatoms. The average molecular weight is 436 g/mol. The number of rotatable bonds is 8. The monoisotopic (exact) mass is 435 g/mol. The molecule has 0 spiro atoms. The van der Waals surface area contributed by atoms with Gasteiger partial charge in [0.15, 0.2) is 0 Å². The van der Waals surface area contributed by atoms with E-state index in [-0.39, 0.29) is 17.7 Å². The molecule has 0 aliphatic carbocycles. The van der Waals surface area contributed by atoms with E-state index in [2.05, 4.69) is 15.4 Å². The van der Waals surface area contributed by atoms with Gasteiger partial charge < -0.3 is 5.32 Å². The molecule has 1 atom stereocenters. The predicted octanol–water partition coefficient (Wildman–Crippen LogP) is 5.43. The fourth-order valence-electron chi connectivity index (χ4n) is 4.34. The summed E-state index contributed by atoms with van der Waals surface area (Å²) in [5.41, 5.74) is 5.64. The summed E-state index contributed by atoms with van der Waals surface area (Å²) in [5, 5.41) is 6.53. The van der Waals surface area contributed by atoms with Gasteiger partial charge in [0.1, 0.15) is 17.3 Å². The van der Waals surface area contributed by atoms with Crippen molar-refractivity contribution < 1.29 is 8.78 Å². The van der Waals surface area contributed by atoms with Crippen molar-refractivity contribution in [1.82, 2.24) is 10.2 Å². The second-order valence-corrected chi connectivity index (χ2v) is 8.46. The van der Waals surface area contributed by atoms with Crippen LogP contribution in [-0.4, -0.2) is 24.0 Å². The molecule has 166 valence electrons. The number of aryl methyl sites for hydroxylation is 1. The maximum atomic E-state index is 13.8. The SMILES string of the molecule is Cc1ccc(CNCCN2Cc3ccc(F)cc3CC2Cc2ccc(F)cc2)cc1N=O. The van der Waals surface area contributed by atoms with Crippen molar-refractivity contribution in [2.24, 2.45) is 5.18 Å². The van der Waals surface area contributed by atoms with Crippen LogP contribution >= 0.6 is 0 Å². The number of nitroso groups, excluding NO2 is 1. The van der Waals surface area contributed by atoms with Crippen LogP contribution in [0.3, 0.4) is 0 Å². The lowest BCUT2D eigenvalue weighted by Gasteiger charge is -2.37. The topological polar surface area (TPSA) is 44.7 Å². The van der Waals surface area contributed by atoms with E-state index < -0.39 is 0 Å². The van der Waals surface area contributed by atoms with Crippen molar-refractivity contribution in [1.29, 1.82) is 0 Å². The maximum absolute atomic E-state index is 13.8. The van der Waals surface area contributed by atoms with Gasteiger partial charge in [0.05, 0.1) is 0 Å². The number of hydrogen-bond acceptors (Lipinski definition) is 4. The summed E-state index contributed by atoms with van der Waals surface area (Å²) in [5.74, 6) is -0.448. The third-order valence-corrected chi connectivity index (χ3v) is 6.18. The Balaban J connectivity index is 1.41. The lowest BCUT2D eigenvalue weighted by Crippen LogP contribution is -2.44. The Morgan fingerprint density at radius 1 is 0.969 bits per heavy atom. The van der Waals surface area contributed by atoms with Crippen LogP contribution in [0.5, 0.6) is 0 Å². The third kappa shape index (κ3) is 5.44. The van der Waals surface area contributed by atoms with Crippen LogP contribution in [0.25, 0.3) is 0 Å². The van der Waals surface area contributed by atoms with Gasteiger partial charge in [-0.15, -0.1) is 4.91 Å². The maximum Gasteiger partial charge on any atom is 0.123 e. The molecule has 0 bridgehead atoms. The van der Waals surface area contributed by atoms with E-state index in [1.54, 1.807) is 6.07 Å². The molecule has 0 fully saturated rings. The van der Waals surface area contributed by atoms with Gasteiger partial charge in [-0.25, -0.2) is 8.78 Å². The number of hydrogen-bond donors (Lipinski definition) is 1. The minimum atomic E-state index is -0.241. The zero-order chi connectivity index (χ0) is 22.5. The van der Waals surface area contributed by atoms with Crippen molar-refractivity contribution in [2.45, 2.75) is 38.9 Å². The molecule has 32 heavy (non-hydrogen) atoms. The largest absolute Gasteiger partial charge is 0.311 e. The number of benzene rings is 3. The van der Waals surface area contributed by atoms with Gasteiger partial charge >= 0.3 is 0 Å². The fourth-order valence-corrected chi connectivity index (χ4v) is 4.34. The average Bonchev–Trinajstić information content (AvgIpc) is 2.79. The minimum absolute atomic E-state index is 0.207. The Labute approximate surface area is 187 Å². The number of nitrogens with zero attached hydrogens (tertiary/aromatic N) is 2. The molecule has 0 amide bonds.